The van der Waals surface area contributed by atoms with Crippen molar-refractivity contribution in [2.45, 2.75) is 90.0 Å². The molecule has 0 bridgehead atoms. The van der Waals surface area contributed by atoms with Gasteiger partial charge < -0.3 is 21.5 Å². The number of hydrogen-bond donors (Lipinski definition) is 4. The van der Waals surface area contributed by atoms with E-state index >= 15 is 0 Å². The number of nitrogens with two attached hydrogens (primary N) is 1. The molecule has 0 aromatic heterocycles. The van der Waals surface area contributed by atoms with Crippen LogP contribution in [0.1, 0.15) is 84.0 Å². The van der Waals surface area contributed by atoms with Crippen LogP contribution in [0.15, 0.2) is 60.8 Å². The summed E-state index contributed by atoms with van der Waals surface area (Å²) in [5.74, 6) is -1.33. The molecule has 0 aliphatic rings. The van der Waals surface area contributed by atoms with Gasteiger partial charge in [0.05, 0.1) is 0 Å². The Morgan fingerprint density at radius 3 is 1.83 bits per heavy atom. The molecule has 1 atom stereocenters. The fourth-order valence-electron chi connectivity index (χ4n) is 3.13. The molecule has 0 aliphatic carbocycles. The number of unbranched alkanes of at least 4 members (excludes halogenated alkanes) is 3. The van der Waals surface area contributed by atoms with Gasteiger partial charge in [-0.25, -0.2) is 9.59 Å². The Morgan fingerprint density at radius 2 is 1.31 bits per heavy atom. The number of primary amides is 1. The van der Waals surface area contributed by atoms with Gasteiger partial charge in [0.25, 0.3) is 0 Å². The summed E-state index contributed by atoms with van der Waals surface area (Å²) >= 11 is 0. The largest absolute Gasteiger partial charge is 0.480 e. The first-order valence-electron chi connectivity index (χ1n) is 12.8. The molecule has 0 aromatic carbocycles. The van der Waals surface area contributed by atoms with Crippen molar-refractivity contribution in [3.63, 3.8) is 0 Å². The molecule has 0 unspecified atom stereocenters. The fourth-order valence-corrected chi connectivity index (χ4v) is 3.13. The van der Waals surface area contributed by atoms with Gasteiger partial charge in [-0.1, -0.05) is 74.1 Å². The molecule has 0 saturated heterocycles. The number of carboxylic acids is 1. The minimum atomic E-state index is -1.07. The van der Waals surface area contributed by atoms with Crippen molar-refractivity contribution in [1.29, 1.82) is 0 Å². The highest BCUT2D eigenvalue weighted by Gasteiger charge is 2.19. The van der Waals surface area contributed by atoms with Crippen LogP contribution in [0.2, 0.25) is 0 Å². The summed E-state index contributed by atoms with van der Waals surface area (Å²) in [6.45, 7) is 2.42. The summed E-state index contributed by atoms with van der Waals surface area (Å²) in [5, 5.41) is 14.2. The van der Waals surface area contributed by atoms with Crippen LogP contribution in [0, 0.1) is 0 Å². The molecule has 3 amide bonds. The van der Waals surface area contributed by atoms with E-state index in [2.05, 4.69) is 78.3 Å². The van der Waals surface area contributed by atoms with Crippen LogP contribution in [-0.4, -0.2) is 35.6 Å². The number of rotatable bonds is 21. The Hall–Kier alpha value is -3.09. The molecule has 0 spiro atoms. The first kappa shape index (κ1) is 31.9. The Bertz CT molecular complexity index is 724. The predicted octanol–water partition coefficient (Wildman–Crippen LogP) is 5.71. The molecule has 0 rings (SSSR count). The van der Waals surface area contributed by atoms with E-state index in [0.717, 1.165) is 57.8 Å². The summed E-state index contributed by atoms with van der Waals surface area (Å²) in [5.41, 5.74) is 4.96. The molecule has 7 nitrogen and oxygen atoms in total. The smallest absolute Gasteiger partial charge is 0.326 e. The number of amides is 3. The van der Waals surface area contributed by atoms with Crippen LogP contribution in [0.5, 0.6) is 0 Å². The van der Waals surface area contributed by atoms with Crippen LogP contribution in [0.3, 0.4) is 0 Å². The highest BCUT2D eigenvalue weighted by Crippen LogP contribution is 2.06. The summed E-state index contributed by atoms with van der Waals surface area (Å²) in [6.07, 6.45) is 31.3. The Morgan fingerprint density at radius 1 is 0.771 bits per heavy atom. The first-order chi connectivity index (χ1) is 17.0. The predicted molar refractivity (Wildman–Crippen MR) is 144 cm³/mol. The SMILES string of the molecule is CC/C=C\C/C=C\C/C=C\C/C=C\C/C=C\CCCCCC(=O)N[C@@H](CCCNC(N)=O)C(=O)O. The van der Waals surface area contributed by atoms with Gasteiger partial charge in [-0.2, -0.15) is 0 Å². The van der Waals surface area contributed by atoms with Crippen LogP contribution in [0.4, 0.5) is 4.79 Å². The number of carboxylic acid groups (broad SMARTS) is 1. The summed E-state index contributed by atoms with van der Waals surface area (Å²) in [4.78, 5) is 33.9. The number of allylic oxidation sites excluding steroid dienone is 10. The lowest BCUT2D eigenvalue weighted by Gasteiger charge is -2.14. The Kier molecular flexibility index (Phi) is 21.9. The van der Waals surface area contributed by atoms with E-state index in [9.17, 15) is 19.5 Å². The lowest BCUT2D eigenvalue weighted by Crippen LogP contribution is -2.41. The average Bonchev–Trinajstić information content (AvgIpc) is 2.82. The van der Waals surface area contributed by atoms with Crippen molar-refractivity contribution in [1.82, 2.24) is 10.6 Å². The van der Waals surface area contributed by atoms with Gasteiger partial charge in [0.15, 0.2) is 0 Å². The molecule has 196 valence electrons. The van der Waals surface area contributed by atoms with Crippen molar-refractivity contribution >= 4 is 17.9 Å². The van der Waals surface area contributed by atoms with E-state index in [4.69, 9.17) is 5.73 Å². The fraction of sp³-hybridized carbons (Fsp3) is 0.536. The molecule has 0 radical (unpaired) electrons. The number of carbonyl (C=O) groups is 3. The zero-order chi connectivity index (χ0) is 26.0. The van der Waals surface area contributed by atoms with E-state index in [0.29, 0.717) is 12.8 Å². The molecule has 7 heteroatoms. The standard InChI is InChI=1S/C28H45N3O4/c1-2-3-4-5-6-7-8-9-10-11-12-13-14-15-16-17-18-19-20-23-26(32)31-25(27(33)34)22-21-24-30-28(29)35/h3-4,6-7,9-10,12-13,15-16,25H,2,5,8,11,14,17-24H2,1H3,(H,31,32)(H,33,34)(H3,29,30,35)/b4-3-,7-6-,10-9-,13-12-,16-15-/t25-/m0/s1. The molecule has 5 N–H and O–H groups in total. The van der Waals surface area contributed by atoms with Crippen molar-refractivity contribution in [2.24, 2.45) is 5.73 Å². The van der Waals surface area contributed by atoms with E-state index in [1.165, 1.54) is 0 Å². The second-order valence-electron chi connectivity index (χ2n) is 8.20. The van der Waals surface area contributed by atoms with Crippen LogP contribution >= 0.6 is 0 Å². The van der Waals surface area contributed by atoms with Crippen LogP contribution < -0.4 is 16.4 Å². The summed E-state index contributed by atoms with van der Waals surface area (Å²) in [6, 6.07) is -1.59. The maximum absolute atomic E-state index is 12.0. The maximum Gasteiger partial charge on any atom is 0.326 e. The minimum absolute atomic E-state index is 0.241. The van der Waals surface area contributed by atoms with E-state index in [1.807, 2.05) is 0 Å². The second kappa shape index (κ2) is 24.0. The zero-order valence-corrected chi connectivity index (χ0v) is 21.3. The Balaban J connectivity index is 3.74. The van der Waals surface area contributed by atoms with E-state index in [1.54, 1.807) is 0 Å². The third-order valence-electron chi connectivity index (χ3n) is 5.03. The normalized spacial score (nSPS) is 12.9. The molecule has 0 fully saturated rings. The van der Waals surface area contributed by atoms with Crippen molar-refractivity contribution in [3.8, 4) is 0 Å². The topological polar surface area (TPSA) is 122 Å². The Labute approximate surface area is 211 Å². The molecule has 0 aliphatic heterocycles. The van der Waals surface area contributed by atoms with Gasteiger partial charge in [-0.15, -0.1) is 0 Å². The maximum atomic E-state index is 12.0. The molecule has 0 aromatic rings. The van der Waals surface area contributed by atoms with Gasteiger partial charge in [0.2, 0.25) is 5.91 Å². The molecular weight excluding hydrogens is 442 g/mol. The van der Waals surface area contributed by atoms with Crippen LogP contribution in [-0.2, 0) is 9.59 Å². The van der Waals surface area contributed by atoms with Crippen molar-refractivity contribution in [3.05, 3.63) is 60.8 Å². The molecule has 0 saturated carbocycles. The number of nitrogens with one attached hydrogen (secondary N) is 2. The third-order valence-corrected chi connectivity index (χ3v) is 5.03. The quantitative estimate of drug-likeness (QED) is 0.122. The van der Waals surface area contributed by atoms with E-state index in [-0.39, 0.29) is 18.9 Å². The highest BCUT2D eigenvalue weighted by atomic mass is 16.4. The average molecular weight is 488 g/mol. The monoisotopic (exact) mass is 487 g/mol. The number of carbonyl (C=O) groups excluding carboxylic acids is 2. The highest BCUT2D eigenvalue weighted by molar-refractivity contribution is 5.83. The van der Waals surface area contributed by atoms with Gasteiger partial charge in [-0.3, -0.25) is 4.79 Å². The molecule has 35 heavy (non-hydrogen) atoms. The van der Waals surface area contributed by atoms with Gasteiger partial charge in [-0.05, 0) is 64.2 Å². The third kappa shape index (κ3) is 23.9. The number of urea groups is 1. The van der Waals surface area contributed by atoms with Crippen LogP contribution in [0.25, 0.3) is 0 Å². The molecular formula is C28H45N3O4. The zero-order valence-electron chi connectivity index (χ0n) is 21.3. The number of hydrogen-bond acceptors (Lipinski definition) is 3. The minimum Gasteiger partial charge on any atom is -0.480 e. The lowest BCUT2D eigenvalue weighted by atomic mass is 10.1. The second-order valence-corrected chi connectivity index (χ2v) is 8.20. The van der Waals surface area contributed by atoms with E-state index < -0.39 is 18.0 Å². The van der Waals surface area contributed by atoms with Crippen molar-refractivity contribution < 1.29 is 19.5 Å². The summed E-state index contributed by atoms with van der Waals surface area (Å²) in [7, 11) is 0. The first-order valence-corrected chi connectivity index (χ1v) is 12.8. The van der Waals surface area contributed by atoms with Gasteiger partial charge in [0.1, 0.15) is 6.04 Å². The van der Waals surface area contributed by atoms with Gasteiger partial charge >= 0.3 is 12.0 Å². The summed E-state index contributed by atoms with van der Waals surface area (Å²) < 4.78 is 0. The molecule has 0 heterocycles. The van der Waals surface area contributed by atoms with Crippen molar-refractivity contribution in [2.75, 3.05) is 6.54 Å². The number of aliphatic carboxylic acids is 1. The van der Waals surface area contributed by atoms with Gasteiger partial charge in [0, 0.05) is 13.0 Å². The lowest BCUT2D eigenvalue weighted by molar-refractivity contribution is -0.142.